The number of carbonyl (C=O) groups excluding carboxylic acids is 1. The monoisotopic (exact) mass is 492 g/mol. The molecule has 0 bridgehead atoms. The lowest BCUT2D eigenvalue weighted by Crippen LogP contribution is -2.45. The normalized spacial score (nSPS) is 17.6. The van der Waals surface area contributed by atoms with Crippen LogP contribution in [0, 0.1) is 0 Å². The number of carboxylic acid groups (broad SMARTS) is 1. The Balaban J connectivity index is 1.72. The quantitative estimate of drug-likeness (QED) is 0.395. The maximum Gasteiger partial charge on any atom is 0.413 e. The van der Waals surface area contributed by atoms with Gasteiger partial charge in [-0.1, -0.05) is 46.3 Å². The van der Waals surface area contributed by atoms with E-state index in [0.29, 0.717) is 33.4 Å². The van der Waals surface area contributed by atoms with Crippen molar-refractivity contribution in [2.75, 3.05) is 16.8 Å². The highest BCUT2D eigenvalue weighted by Crippen LogP contribution is 2.45. The highest BCUT2D eigenvalue weighted by atomic mass is 79.9. The van der Waals surface area contributed by atoms with Gasteiger partial charge in [-0.25, -0.2) is 9.78 Å². The summed E-state index contributed by atoms with van der Waals surface area (Å²) in [6.45, 7) is 0. The zero-order valence-corrected chi connectivity index (χ0v) is 18.4. The van der Waals surface area contributed by atoms with Gasteiger partial charge in [0.1, 0.15) is 0 Å². The van der Waals surface area contributed by atoms with Gasteiger partial charge >= 0.3 is 6.09 Å². The van der Waals surface area contributed by atoms with Crippen molar-refractivity contribution in [2.24, 2.45) is 0 Å². The van der Waals surface area contributed by atoms with Crippen LogP contribution in [0.2, 0.25) is 0 Å². The van der Waals surface area contributed by atoms with E-state index in [4.69, 9.17) is 0 Å². The highest BCUT2D eigenvalue weighted by Gasteiger charge is 2.50. The Hall–Kier alpha value is -3.69. The van der Waals surface area contributed by atoms with Crippen molar-refractivity contribution in [2.45, 2.75) is 5.72 Å². The maximum absolute atomic E-state index is 13.4. The minimum absolute atomic E-state index is 0.156. The molecule has 0 spiro atoms. The molecular formula is C23H17BrN4O4. The Morgan fingerprint density at radius 3 is 2.66 bits per heavy atom. The molecule has 1 aromatic heterocycles. The SMILES string of the molecule is CN(C(=O)O)c1nc2ccc(C3(O)c4ccccc4C(=O)N3c3cccc(Br)c3)cc2[nH]1. The van der Waals surface area contributed by atoms with Gasteiger partial charge in [-0.05, 0) is 36.4 Å². The van der Waals surface area contributed by atoms with E-state index in [9.17, 15) is 19.8 Å². The van der Waals surface area contributed by atoms with Gasteiger partial charge in [0.25, 0.3) is 5.91 Å². The van der Waals surface area contributed by atoms with Crippen molar-refractivity contribution in [1.82, 2.24) is 9.97 Å². The van der Waals surface area contributed by atoms with E-state index in [1.807, 2.05) is 6.07 Å². The van der Waals surface area contributed by atoms with Gasteiger partial charge in [-0.3, -0.25) is 14.6 Å². The molecule has 2 amide bonds. The number of fused-ring (bicyclic) bond motifs is 2. The van der Waals surface area contributed by atoms with E-state index in [2.05, 4.69) is 25.9 Å². The maximum atomic E-state index is 13.4. The van der Waals surface area contributed by atoms with Crippen molar-refractivity contribution in [3.05, 3.63) is 87.9 Å². The Morgan fingerprint density at radius 1 is 1.12 bits per heavy atom. The molecule has 4 aromatic rings. The molecular weight excluding hydrogens is 476 g/mol. The fraction of sp³-hybridized carbons (Fsp3) is 0.0870. The number of rotatable bonds is 3. The summed E-state index contributed by atoms with van der Waals surface area (Å²) >= 11 is 3.43. The lowest BCUT2D eigenvalue weighted by atomic mass is 9.93. The van der Waals surface area contributed by atoms with Gasteiger partial charge in [-0.15, -0.1) is 0 Å². The second-order valence-electron chi connectivity index (χ2n) is 7.47. The third-order valence-electron chi connectivity index (χ3n) is 5.60. The molecule has 3 N–H and O–H groups in total. The molecule has 5 rings (SSSR count). The van der Waals surface area contributed by atoms with Crippen LogP contribution < -0.4 is 9.80 Å². The van der Waals surface area contributed by atoms with Crippen LogP contribution >= 0.6 is 15.9 Å². The zero-order chi connectivity index (χ0) is 22.6. The van der Waals surface area contributed by atoms with Crippen molar-refractivity contribution >= 4 is 50.6 Å². The third kappa shape index (κ3) is 2.89. The molecule has 2 heterocycles. The van der Waals surface area contributed by atoms with E-state index in [1.165, 1.54) is 11.9 Å². The Bertz CT molecular complexity index is 1400. The molecule has 160 valence electrons. The molecule has 0 radical (unpaired) electrons. The molecule has 8 nitrogen and oxygen atoms in total. The molecule has 9 heteroatoms. The fourth-order valence-corrected chi connectivity index (χ4v) is 4.41. The Kier molecular flexibility index (Phi) is 4.54. The molecule has 1 aliphatic rings. The minimum atomic E-state index is -1.77. The first-order chi connectivity index (χ1) is 15.3. The fourth-order valence-electron chi connectivity index (χ4n) is 4.03. The van der Waals surface area contributed by atoms with Crippen LogP contribution in [0.4, 0.5) is 16.4 Å². The number of aromatic amines is 1. The number of hydrogen-bond donors (Lipinski definition) is 3. The number of nitrogens with zero attached hydrogens (tertiary/aromatic N) is 3. The Labute approximate surface area is 190 Å². The van der Waals surface area contributed by atoms with E-state index >= 15 is 0 Å². The van der Waals surface area contributed by atoms with Crippen LogP contribution in [0.1, 0.15) is 21.5 Å². The zero-order valence-electron chi connectivity index (χ0n) is 16.8. The number of nitrogens with one attached hydrogen (secondary N) is 1. The average molecular weight is 493 g/mol. The first-order valence-corrected chi connectivity index (χ1v) is 10.5. The summed E-state index contributed by atoms with van der Waals surface area (Å²) in [7, 11) is 1.38. The van der Waals surface area contributed by atoms with Crippen LogP contribution in [-0.2, 0) is 5.72 Å². The molecule has 32 heavy (non-hydrogen) atoms. The average Bonchev–Trinajstić information content (AvgIpc) is 3.30. The molecule has 0 saturated carbocycles. The number of carbonyl (C=O) groups is 2. The predicted molar refractivity (Wildman–Crippen MR) is 123 cm³/mol. The standard InChI is InChI=1S/C23H17BrN4O4/c1-27(22(30)31)21-25-18-10-9-13(11-19(18)26-21)23(32)17-8-3-2-7-16(17)20(29)28(23)15-6-4-5-14(24)12-15/h2-12,32H,1H3,(H,25,26)(H,30,31). The summed E-state index contributed by atoms with van der Waals surface area (Å²) < 4.78 is 0.770. The highest BCUT2D eigenvalue weighted by molar-refractivity contribution is 9.10. The van der Waals surface area contributed by atoms with Crippen LogP contribution in [0.15, 0.2) is 71.2 Å². The summed E-state index contributed by atoms with van der Waals surface area (Å²) in [5.74, 6) is -0.166. The largest absolute Gasteiger partial charge is 0.465 e. The number of halogens is 1. The van der Waals surface area contributed by atoms with Gasteiger partial charge in [0.2, 0.25) is 5.95 Å². The minimum Gasteiger partial charge on any atom is -0.465 e. The molecule has 0 saturated heterocycles. The summed E-state index contributed by atoms with van der Waals surface area (Å²) in [6.07, 6.45) is -1.15. The van der Waals surface area contributed by atoms with Crippen molar-refractivity contribution < 1.29 is 19.8 Å². The molecule has 0 aliphatic carbocycles. The predicted octanol–water partition coefficient (Wildman–Crippen LogP) is 4.29. The summed E-state index contributed by atoms with van der Waals surface area (Å²) in [5.41, 5.74) is 1.14. The molecule has 1 aliphatic heterocycles. The van der Waals surface area contributed by atoms with Crippen LogP contribution in [0.25, 0.3) is 11.0 Å². The van der Waals surface area contributed by atoms with E-state index < -0.39 is 11.8 Å². The van der Waals surface area contributed by atoms with Crippen molar-refractivity contribution in [1.29, 1.82) is 0 Å². The Morgan fingerprint density at radius 2 is 1.91 bits per heavy atom. The van der Waals surface area contributed by atoms with E-state index in [0.717, 1.165) is 9.37 Å². The van der Waals surface area contributed by atoms with Gasteiger partial charge < -0.3 is 15.2 Å². The first kappa shape index (κ1) is 20.2. The van der Waals surface area contributed by atoms with E-state index in [-0.39, 0.29) is 11.9 Å². The first-order valence-electron chi connectivity index (χ1n) is 9.69. The number of aromatic nitrogens is 2. The smallest absolute Gasteiger partial charge is 0.413 e. The summed E-state index contributed by atoms with van der Waals surface area (Å²) in [4.78, 5) is 34.3. The number of H-pyrrole nitrogens is 1. The van der Waals surface area contributed by atoms with E-state index in [1.54, 1.807) is 60.7 Å². The lowest BCUT2D eigenvalue weighted by molar-refractivity contribution is 0.0704. The molecule has 1 unspecified atom stereocenters. The number of anilines is 2. The van der Waals surface area contributed by atoms with Crippen LogP contribution in [0.3, 0.4) is 0 Å². The number of aliphatic hydroxyl groups is 1. The second-order valence-corrected chi connectivity index (χ2v) is 8.39. The number of imidazole rings is 1. The van der Waals surface area contributed by atoms with Crippen molar-refractivity contribution in [3.63, 3.8) is 0 Å². The van der Waals surface area contributed by atoms with Crippen LogP contribution in [-0.4, -0.2) is 39.2 Å². The lowest BCUT2D eigenvalue weighted by Gasteiger charge is -2.35. The molecule has 3 aromatic carbocycles. The molecule has 1 atom stereocenters. The second kappa shape index (κ2) is 7.18. The van der Waals surface area contributed by atoms with Gasteiger partial charge in [0.15, 0.2) is 5.72 Å². The third-order valence-corrected chi connectivity index (χ3v) is 6.10. The van der Waals surface area contributed by atoms with Gasteiger partial charge in [0, 0.05) is 33.9 Å². The van der Waals surface area contributed by atoms with Gasteiger partial charge in [-0.2, -0.15) is 0 Å². The van der Waals surface area contributed by atoms with Gasteiger partial charge in [0.05, 0.1) is 11.0 Å². The number of amides is 2. The molecule has 0 fully saturated rings. The van der Waals surface area contributed by atoms with Crippen LogP contribution in [0.5, 0.6) is 0 Å². The topological polar surface area (TPSA) is 110 Å². The summed E-state index contributed by atoms with van der Waals surface area (Å²) in [5, 5.41) is 21.3. The number of benzene rings is 3. The van der Waals surface area contributed by atoms with Crippen molar-refractivity contribution in [3.8, 4) is 0 Å². The summed E-state index contributed by atoms with van der Waals surface area (Å²) in [6, 6.07) is 19.2. The number of hydrogen-bond acceptors (Lipinski definition) is 4.